The van der Waals surface area contributed by atoms with Gasteiger partial charge in [0.1, 0.15) is 18.4 Å². The monoisotopic (exact) mass is 616 g/mol. The number of likely N-dealkylation sites (tertiary alicyclic amines) is 1. The maximum absolute atomic E-state index is 13.5. The molecule has 4 rings (SSSR count). The largest absolute Gasteiger partial charge is 0.467 e. The molecule has 43 heavy (non-hydrogen) atoms. The highest BCUT2D eigenvalue weighted by atomic mass is 35.5. The minimum atomic E-state index is -1.11. The van der Waals surface area contributed by atoms with Gasteiger partial charge in [-0.05, 0) is 55.7 Å². The Bertz CT molecular complexity index is 1240. The molecule has 0 bridgehead atoms. The lowest BCUT2D eigenvalue weighted by Crippen LogP contribution is -2.51. The zero-order chi connectivity index (χ0) is 31.0. The lowest BCUT2D eigenvalue weighted by molar-refractivity contribution is -0.145. The van der Waals surface area contributed by atoms with E-state index in [1.54, 1.807) is 29.2 Å². The van der Waals surface area contributed by atoms with Gasteiger partial charge < -0.3 is 25.0 Å². The van der Waals surface area contributed by atoms with Crippen LogP contribution in [0, 0.1) is 11.8 Å². The van der Waals surface area contributed by atoms with Crippen molar-refractivity contribution in [2.45, 2.75) is 89.3 Å². The SMILES string of the molecule is COC(=O)C(CC1CC2(CCN(C(C)=O)CC2)NC1=O)NC(=O)/C(CC1CCCCC1)=N/C(=O)OCc1cccc(Cl)c1. The standard InChI is InChI=1S/C31H41ClN4O7/c1-20(37)36-13-11-31(12-14-36)18-23(27(38)35-31)17-26(29(40)42-2)33-28(39)25(16-21-7-4-3-5-8-21)34-30(41)43-19-22-9-6-10-24(32)15-22/h6,9-10,15,21,23,26H,3-5,7-8,11-14,16-19H2,1-2H3,(H,33,39)(H,35,38)/b34-25+. The van der Waals surface area contributed by atoms with Crippen molar-refractivity contribution in [2.24, 2.45) is 16.8 Å². The Hall–Kier alpha value is -3.47. The minimum absolute atomic E-state index is 0.00299. The van der Waals surface area contributed by atoms with E-state index in [1.807, 2.05) is 0 Å². The van der Waals surface area contributed by atoms with Crippen LogP contribution in [0.4, 0.5) is 4.79 Å². The minimum Gasteiger partial charge on any atom is -0.467 e. The summed E-state index contributed by atoms with van der Waals surface area (Å²) in [5.74, 6) is -1.90. The zero-order valence-electron chi connectivity index (χ0n) is 24.9. The van der Waals surface area contributed by atoms with E-state index in [0.717, 1.165) is 32.1 Å². The summed E-state index contributed by atoms with van der Waals surface area (Å²) in [6.45, 7) is 2.57. The molecule has 3 aliphatic rings. The number of methoxy groups -OCH3 is 1. The quantitative estimate of drug-likeness (QED) is 0.316. The number of esters is 1. The van der Waals surface area contributed by atoms with Crippen molar-refractivity contribution in [3.63, 3.8) is 0 Å². The van der Waals surface area contributed by atoms with Crippen molar-refractivity contribution < 1.29 is 33.4 Å². The summed E-state index contributed by atoms with van der Waals surface area (Å²) >= 11 is 6.01. The fourth-order valence-corrected chi connectivity index (χ4v) is 6.61. The number of ether oxygens (including phenoxy) is 2. The number of hydrogen-bond donors (Lipinski definition) is 2. The van der Waals surface area contributed by atoms with Crippen molar-refractivity contribution in [1.29, 1.82) is 0 Å². The first kappa shape index (κ1) is 32.4. The van der Waals surface area contributed by atoms with Crippen LogP contribution in [0.2, 0.25) is 5.02 Å². The van der Waals surface area contributed by atoms with Crippen LogP contribution in [-0.2, 0) is 35.3 Å². The number of hydrogen-bond acceptors (Lipinski definition) is 7. The van der Waals surface area contributed by atoms with Gasteiger partial charge >= 0.3 is 12.1 Å². The van der Waals surface area contributed by atoms with E-state index < -0.39 is 35.5 Å². The van der Waals surface area contributed by atoms with Gasteiger partial charge in [0.2, 0.25) is 11.8 Å². The molecule has 12 heteroatoms. The summed E-state index contributed by atoms with van der Waals surface area (Å²) in [4.78, 5) is 69.6. The molecule has 2 unspecified atom stereocenters. The average molecular weight is 617 g/mol. The molecule has 4 amide bonds. The van der Waals surface area contributed by atoms with E-state index in [0.29, 0.717) is 42.9 Å². The topological polar surface area (TPSA) is 143 Å². The Balaban J connectivity index is 1.44. The number of carbonyl (C=O) groups excluding carboxylic acids is 5. The second-order valence-electron chi connectivity index (χ2n) is 11.9. The van der Waals surface area contributed by atoms with Gasteiger partial charge in [0.25, 0.3) is 5.91 Å². The van der Waals surface area contributed by atoms with Crippen molar-refractivity contribution >= 4 is 47.1 Å². The Labute approximate surface area is 257 Å². The molecule has 234 valence electrons. The van der Waals surface area contributed by atoms with Gasteiger partial charge in [-0.2, -0.15) is 4.99 Å². The molecule has 1 aliphatic carbocycles. The van der Waals surface area contributed by atoms with Crippen molar-refractivity contribution in [3.8, 4) is 0 Å². The number of nitrogens with one attached hydrogen (secondary N) is 2. The molecule has 0 aromatic heterocycles. The van der Waals surface area contributed by atoms with Gasteiger partial charge in [-0.3, -0.25) is 14.4 Å². The molecule has 2 heterocycles. The maximum atomic E-state index is 13.5. The second kappa shape index (κ2) is 14.8. The van der Waals surface area contributed by atoms with Gasteiger partial charge in [-0.1, -0.05) is 55.8 Å². The molecule has 1 aromatic rings. The van der Waals surface area contributed by atoms with Crippen LogP contribution in [0.1, 0.15) is 76.7 Å². The molecule has 0 radical (unpaired) electrons. The van der Waals surface area contributed by atoms with Crippen LogP contribution in [-0.4, -0.2) is 72.2 Å². The normalized spacial score (nSPS) is 21.2. The number of benzene rings is 1. The summed E-state index contributed by atoms with van der Waals surface area (Å²) < 4.78 is 10.3. The molecule has 2 aliphatic heterocycles. The van der Waals surface area contributed by atoms with Crippen LogP contribution >= 0.6 is 11.6 Å². The molecular formula is C31H41ClN4O7. The van der Waals surface area contributed by atoms with Crippen LogP contribution < -0.4 is 10.6 Å². The third kappa shape index (κ3) is 9.01. The Morgan fingerprint density at radius 1 is 1.16 bits per heavy atom. The predicted molar refractivity (Wildman–Crippen MR) is 159 cm³/mol. The van der Waals surface area contributed by atoms with E-state index in [9.17, 15) is 24.0 Å². The van der Waals surface area contributed by atoms with E-state index in [4.69, 9.17) is 21.1 Å². The first-order valence-electron chi connectivity index (χ1n) is 15.0. The number of piperidine rings is 1. The average Bonchev–Trinajstić information content (AvgIpc) is 3.29. The molecular weight excluding hydrogens is 576 g/mol. The van der Waals surface area contributed by atoms with Crippen LogP contribution in [0.3, 0.4) is 0 Å². The highest BCUT2D eigenvalue weighted by molar-refractivity contribution is 6.40. The van der Waals surface area contributed by atoms with Gasteiger partial charge in [-0.25, -0.2) is 9.59 Å². The fourth-order valence-electron chi connectivity index (χ4n) is 6.40. The second-order valence-corrected chi connectivity index (χ2v) is 12.3. The third-order valence-corrected chi connectivity index (χ3v) is 9.05. The summed E-state index contributed by atoms with van der Waals surface area (Å²) in [5, 5.41) is 6.30. The number of halogens is 1. The number of carbonyl (C=O) groups is 5. The van der Waals surface area contributed by atoms with E-state index in [-0.39, 0.29) is 42.9 Å². The molecule has 2 atom stereocenters. The summed E-state index contributed by atoms with van der Waals surface area (Å²) in [6, 6.07) is 5.77. The van der Waals surface area contributed by atoms with Gasteiger partial charge in [0.15, 0.2) is 0 Å². The lowest BCUT2D eigenvalue weighted by atomic mass is 9.82. The predicted octanol–water partition coefficient (Wildman–Crippen LogP) is 3.95. The lowest BCUT2D eigenvalue weighted by Gasteiger charge is -2.39. The first-order chi connectivity index (χ1) is 20.6. The van der Waals surface area contributed by atoms with Gasteiger partial charge in [0.05, 0.1) is 7.11 Å². The Morgan fingerprint density at radius 2 is 1.88 bits per heavy atom. The highest BCUT2D eigenvalue weighted by Gasteiger charge is 2.47. The smallest absolute Gasteiger partial charge is 0.434 e. The van der Waals surface area contributed by atoms with Crippen molar-refractivity contribution in [2.75, 3.05) is 20.2 Å². The van der Waals surface area contributed by atoms with E-state index in [1.165, 1.54) is 14.0 Å². The van der Waals surface area contributed by atoms with E-state index in [2.05, 4.69) is 15.6 Å². The molecule has 2 N–H and O–H groups in total. The van der Waals surface area contributed by atoms with Crippen LogP contribution in [0.15, 0.2) is 29.3 Å². The first-order valence-corrected chi connectivity index (χ1v) is 15.4. The molecule has 1 spiro atoms. The number of amides is 4. The van der Waals surface area contributed by atoms with Gasteiger partial charge in [0, 0.05) is 36.5 Å². The number of nitrogens with zero attached hydrogens (tertiary/aromatic N) is 2. The van der Waals surface area contributed by atoms with Crippen LogP contribution in [0.25, 0.3) is 0 Å². The fraction of sp³-hybridized carbons (Fsp3) is 0.613. The molecule has 1 saturated carbocycles. The Morgan fingerprint density at radius 3 is 2.53 bits per heavy atom. The third-order valence-electron chi connectivity index (χ3n) is 8.82. The Kier molecular flexibility index (Phi) is 11.2. The van der Waals surface area contributed by atoms with Crippen molar-refractivity contribution in [3.05, 3.63) is 34.9 Å². The highest BCUT2D eigenvalue weighted by Crippen LogP contribution is 2.36. The van der Waals surface area contributed by atoms with Gasteiger partial charge in [-0.15, -0.1) is 0 Å². The van der Waals surface area contributed by atoms with Crippen LogP contribution in [0.5, 0.6) is 0 Å². The zero-order valence-corrected chi connectivity index (χ0v) is 25.6. The molecule has 3 fully saturated rings. The number of aliphatic imine (C=N–C) groups is 1. The van der Waals surface area contributed by atoms with Crippen molar-refractivity contribution in [1.82, 2.24) is 15.5 Å². The summed E-state index contributed by atoms with van der Waals surface area (Å²) in [6.07, 6.45) is 6.15. The molecule has 11 nitrogen and oxygen atoms in total. The summed E-state index contributed by atoms with van der Waals surface area (Å²) in [7, 11) is 1.22. The molecule has 1 aromatic carbocycles. The number of rotatable bonds is 9. The molecule has 2 saturated heterocycles. The maximum Gasteiger partial charge on any atom is 0.434 e. The summed E-state index contributed by atoms with van der Waals surface area (Å²) in [5.41, 5.74) is 0.221. The van der Waals surface area contributed by atoms with E-state index >= 15 is 0 Å².